The van der Waals surface area contributed by atoms with E-state index in [1.807, 2.05) is 30.3 Å². The molecule has 0 atom stereocenters. The highest BCUT2D eigenvalue weighted by Gasteiger charge is 2.19. The van der Waals surface area contributed by atoms with E-state index < -0.39 is 11.9 Å². The van der Waals surface area contributed by atoms with Gasteiger partial charge in [-0.3, -0.25) is 0 Å². The minimum absolute atomic E-state index is 0.0605. The summed E-state index contributed by atoms with van der Waals surface area (Å²) in [5, 5.41) is 9.11. The summed E-state index contributed by atoms with van der Waals surface area (Å²) in [6.07, 6.45) is 0. The molecule has 0 radical (unpaired) electrons. The molecule has 0 spiro atoms. The summed E-state index contributed by atoms with van der Waals surface area (Å²) in [5.74, 6) is -1.98. The number of methoxy groups -OCH3 is 1. The monoisotopic (exact) mass is 257 g/mol. The number of carboxylic acids is 1. The maximum Gasteiger partial charge on any atom is 0.355 e. The molecule has 1 N–H and O–H groups in total. The molecule has 0 unspecified atom stereocenters. The molecule has 1 aromatic heterocycles. The maximum atomic E-state index is 11.5. The van der Waals surface area contributed by atoms with E-state index in [0.717, 1.165) is 5.56 Å². The molecule has 1 aromatic carbocycles. The number of hydrogen-bond acceptors (Lipinski definition) is 4. The number of aromatic carboxylic acids is 1. The average molecular weight is 257 g/mol. The van der Waals surface area contributed by atoms with Gasteiger partial charge in [0.2, 0.25) is 0 Å². The molecule has 19 heavy (non-hydrogen) atoms. The summed E-state index contributed by atoms with van der Waals surface area (Å²) in [6, 6.07) is 12.1. The van der Waals surface area contributed by atoms with Crippen molar-refractivity contribution in [1.29, 1.82) is 0 Å². The molecular weight excluding hydrogens is 246 g/mol. The summed E-state index contributed by atoms with van der Waals surface area (Å²) in [5.41, 5.74) is 0.898. The van der Waals surface area contributed by atoms with Gasteiger partial charge in [0.1, 0.15) is 0 Å². The Balaban J connectivity index is 2.54. The van der Waals surface area contributed by atoms with E-state index in [1.54, 1.807) is 6.07 Å². The van der Waals surface area contributed by atoms with E-state index in [0.29, 0.717) is 5.69 Å². The van der Waals surface area contributed by atoms with Gasteiger partial charge in [-0.2, -0.15) is 0 Å². The first kappa shape index (κ1) is 12.8. The Labute approximate surface area is 109 Å². The van der Waals surface area contributed by atoms with Crippen LogP contribution in [0.3, 0.4) is 0 Å². The van der Waals surface area contributed by atoms with Crippen molar-refractivity contribution in [3.63, 3.8) is 0 Å². The van der Waals surface area contributed by atoms with Crippen LogP contribution in [0.5, 0.6) is 0 Å². The average Bonchev–Trinajstić information content (AvgIpc) is 2.46. The number of benzene rings is 1. The quantitative estimate of drug-likeness (QED) is 0.853. The third-order valence-corrected chi connectivity index (χ3v) is 2.57. The van der Waals surface area contributed by atoms with Gasteiger partial charge < -0.3 is 9.84 Å². The molecular formula is C14H11NO4. The van der Waals surface area contributed by atoms with E-state index in [4.69, 9.17) is 5.11 Å². The van der Waals surface area contributed by atoms with Crippen LogP contribution in [-0.2, 0) is 4.74 Å². The first-order chi connectivity index (χ1) is 9.13. The van der Waals surface area contributed by atoms with Gasteiger partial charge in [0.05, 0.1) is 18.4 Å². The lowest BCUT2D eigenvalue weighted by Gasteiger charge is -2.06. The van der Waals surface area contributed by atoms with Crippen LogP contribution in [0.15, 0.2) is 42.5 Å². The highest BCUT2D eigenvalue weighted by Crippen LogP contribution is 2.19. The zero-order valence-electron chi connectivity index (χ0n) is 10.2. The van der Waals surface area contributed by atoms with Gasteiger partial charge in [-0.1, -0.05) is 30.3 Å². The smallest absolute Gasteiger partial charge is 0.355 e. The zero-order valence-corrected chi connectivity index (χ0v) is 10.2. The number of rotatable bonds is 3. The van der Waals surface area contributed by atoms with Crippen molar-refractivity contribution < 1.29 is 19.4 Å². The summed E-state index contributed by atoms with van der Waals surface area (Å²) in [6.45, 7) is 0. The summed E-state index contributed by atoms with van der Waals surface area (Å²) in [7, 11) is 1.19. The van der Waals surface area contributed by atoms with Crippen molar-refractivity contribution in [2.45, 2.75) is 0 Å². The molecule has 0 aliphatic carbocycles. The Morgan fingerprint density at radius 1 is 1.11 bits per heavy atom. The van der Waals surface area contributed by atoms with Gasteiger partial charge in [-0.15, -0.1) is 0 Å². The fourth-order valence-corrected chi connectivity index (χ4v) is 1.67. The van der Waals surface area contributed by atoms with Gasteiger partial charge in [0.15, 0.2) is 5.69 Å². The predicted molar refractivity (Wildman–Crippen MR) is 68.0 cm³/mol. The first-order valence-electron chi connectivity index (χ1n) is 5.51. The van der Waals surface area contributed by atoms with Crippen molar-refractivity contribution in [1.82, 2.24) is 4.98 Å². The van der Waals surface area contributed by atoms with Gasteiger partial charge in [0.25, 0.3) is 0 Å². The molecule has 2 rings (SSSR count). The van der Waals surface area contributed by atoms with Crippen molar-refractivity contribution in [3.8, 4) is 11.3 Å². The number of hydrogen-bond donors (Lipinski definition) is 1. The lowest BCUT2D eigenvalue weighted by atomic mass is 10.1. The molecule has 2 aromatic rings. The Morgan fingerprint density at radius 3 is 2.37 bits per heavy atom. The Hall–Kier alpha value is -2.69. The second-order valence-electron chi connectivity index (χ2n) is 3.76. The second-order valence-corrected chi connectivity index (χ2v) is 3.76. The molecule has 0 saturated heterocycles. The van der Waals surface area contributed by atoms with E-state index in [2.05, 4.69) is 9.72 Å². The van der Waals surface area contributed by atoms with Crippen LogP contribution in [0.25, 0.3) is 11.3 Å². The molecule has 0 amide bonds. The highest BCUT2D eigenvalue weighted by atomic mass is 16.5. The standard InChI is InChI=1S/C14H11NO4/c1-19-14(18)10-7-8-11(15-12(10)13(16)17)9-5-3-2-4-6-9/h2-8H,1H3,(H,16,17). The molecule has 5 heteroatoms. The molecule has 5 nitrogen and oxygen atoms in total. The Bertz CT molecular complexity index is 623. The SMILES string of the molecule is COC(=O)c1ccc(-c2ccccc2)nc1C(=O)O. The van der Waals surface area contributed by atoms with Crippen molar-refractivity contribution in [3.05, 3.63) is 53.7 Å². The number of carbonyl (C=O) groups is 2. The highest BCUT2D eigenvalue weighted by molar-refractivity contribution is 6.01. The lowest BCUT2D eigenvalue weighted by molar-refractivity contribution is 0.0580. The van der Waals surface area contributed by atoms with Gasteiger partial charge in [-0.25, -0.2) is 14.6 Å². The maximum absolute atomic E-state index is 11.5. The minimum Gasteiger partial charge on any atom is -0.476 e. The number of esters is 1. The first-order valence-corrected chi connectivity index (χ1v) is 5.51. The van der Waals surface area contributed by atoms with Crippen molar-refractivity contribution in [2.75, 3.05) is 7.11 Å². The number of nitrogens with zero attached hydrogens (tertiary/aromatic N) is 1. The number of ether oxygens (including phenoxy) is 1. The molecule has 0 bridgehead atoms. The third kappa shape index (κ3) is 2.60. The van der Waals surface area contributed by atoms with E-state index in [-0.39, 0.29) is 11.3 Å². The number of carbonyl (C=O) groups excluding carboxylic acids is 1. The van der Waals surface area contributed by atoms with Crippen LogP contribution >= 0.6 is 0 Å². The molecule has 96 valence electrons. The normalized spacial score (nSPS) is 9.95. The van der Waals surface area contributed by atoms with Crippen molar-refractivity contribution >= 4 is 11.9 Å². The number of pyridine rings is 1. The Kier molecular flexibility index (Phi) is 3.56. The largest absolute Gasteiger partial charge is 0.476 e. The van der Waals surface area contributed by atoms with E-state index in [9.17, 15) is 9.59 Å². The van der Waals surface area contributed by atoms with Crippen LogP contribution in [-0.4, -0.2) is 29.1 Å². The minimum atomic E-state index is -1.27. The zero-order chi connectivity index (χ0) is 13.8. The van der Waals surface area contributed by atoms with Crippen LogP contribution in [0.1, 0.15) is 20.8 Å². The van der Waals surface area contributed by atoms with Crippen LogP contribution in [0, 0.1) is 0 Å². The summed E-state index contributed by atoms with van der Waals surface area (Å²) < 4.78 is 4.53. The lowest BCUT2D eigenvalue weighted by Crippen LogP contribution is -2.12. The van der Waals surface area contributed by atoms with Gasteiger partial charge in [0, 0.05) is 5.56 Å². The molecule has 1 heterocycles. The second kappa shape index (κ2) is 5.30. The van der Waals surface area contributed by atoms with Gasteiger partial charge in [-0.05, 0) is 12.1 Å². The van der Waals surface area contributed by atoms with Crippen LogP contribution in [0.2, 0.25) is 0 Å². The summed E-state index contributed by atoms with van der Waals surface area (Å²) >= 11 is 0. The van der Waals surface area contributed by atoms with Crippen molar-refractivity contribution in [2.24, 2.45) is 0 Å². The van der Waals surface area contributed by atoms with E-state index >= 15 is 0 Å². The van der Waals surface area contributed by atoms with Gasteiger partial charge >= 0.3 is 11.9 Å². The Morgan fingerprint density at radius 2 is 1.79 bits per heavy atom. The van der Waals surface area contributed by atoms with E-state index in [1.165, 1.54) is 13.2 Å². The molecule has 0 aliphatic heterocycles. The van der Waals surface area contributed by atoms with Crippen LogP contribution < -0.4 is 0 Å². The number of carboxylic acid groups (broad SMARTS) is 1. The predicted octanol–water partition coefficient (Wildman–Crippen LogP) is 2.23. The fourth-order valence-electron chi connectivity index (χ4n) is 1.67. The third-order valence-electron chi connectivity index (χ3n) is 2.57. The molecule has 0 saturated carbocycles. The molecule has 0 fully saturated rings. The molecule has 0 aliphatic rings. The fraction of sp³-hybridized carbons (Fsp3) is 0.0714. The summed E-state index contributed by atoms with van der Waals surface area (Å²) in [4.78, 5) is 26.6. The topological polar surface area (TPSA) is 76.5 Å². The van der Waals surface area contributed by atoms with Crippen LogP contribution in [0.4, 0.5) is 0 Å². The number of aromatic nitrogens is 1.